The quantitative estimate of drug-likeness (QED) is 0.217. The molecule has 0 spiro atoms. The normalized spacial score (nSPS) is 10.8. The van der Waals surface area contributed by atoms with Gasteiger partial charge in [-0.2, -0.15) is 0 Å². The lowest BCUT2D eigenvalue weighted by molar-refractivity contribution is -0.136. The summed E-state index contributed by atoms with van der Waals surface area (Å²) in [5.74, 6) is -1.21. The Morgan fingerprint density at radius 2 is 1.71 bits per heavy atom. The first-order valence-electron chi connectivity index (χ1n) is 12.4. The standard InChI is InChI=1S/C28H35N3O3S/c1-3-5-6-7-9-22-13-10-20(8-4-2)16-25(22)29-18-21-11-14-23(15-12-21)27(34)31-28-30-24(19-35-28)17-26(32)33/h10-16,19,29H,3-9,17-18H2,1-2H3,(H,32,33)(H,30,31,34). The van der Waals surface area contributed by atoms with Gasteiger partial charge in [-0.25, -0.2) is 4.98 Å². The third-order valence-corrected chi connectivity index (χ3v) is 6.62. The third-order valence-electron chi connectivity index (χ3n) is 5.82. The second-order valence-corrected chi connectivity index (χ2v) is 9.63. The van der Waals surface area contributed by atoms with Crippen LogP contribution in [0.3, 0.4) is 0 Å². The van der Waals surface area contributed by atoms with Crippen molar-refractivity contribution in [3.63, 3.8) is 0 Å². The molecule has 0 bridgehead atoms. The average molecular weight is 494 g/mol. The lowest BCUT2D eigenvalue weighted by atomic mass is 10.0. The van der Waals surface area contributed by atoms with Crippen LogP contribution in [-0.4, -0.2) is 22.0 Å². The number of hydrogen-bond donors (Lipinski definition) is 3. The van der Waals surface area contributed by atoms with Gasteiger partial charge < -0.3 is 10.4 Å². The van der Waals surface area contributed by atoms with Crippen molar-refractivity contribution in [2.75, 3.05) is 10.6 Å². The largest absolute Gasteiger partial charge is 0.481 e. The monoisotopic (exact) mass is 493 g/mol. The molecular formula is C28H35N3O3S. The molecule has 1 aromatic heterocycles. The maximum Gasteiger partial charge on any atom is 0.309 e. The highest BCUT2D eigenvalue weighted by Crippen LogP contribution is 2.23. The van der Waals surface area contributed by atoms with Crippen molar-refractivity contribution in [3.05, 3.63) is 75.8 Å². The summed E-state index contributed by atoms with van der Waals surface area (Å²) in [7, 11) is 0. The first-order chi connectivity index (χ1) is 17.0. The van der Waals surface area contributed by atoms with Gasteiger partial charge in [0.25, 0.3) is 5.91 Å². The second-order valence-electron chi connectivity index (χ2n) is 8.77. The van der Waals surface area contributed by atoms with Crippen molar-refractivity contribution in [2.24, 2.45) is 0 Å². The van der Waals surface area contributed by atoms with Crippen LogP contribution in [0.5, 0.6) is 0 Å². The van der Waals surface area contributed by atoms with Gasteiger partial charge in [-0.05, 0) is 54.2 Å². The van der Waals surface area contributed by atoms with Crippen molar-refractivity contribution in [2.45, 2.75) is 71.8 Å². The number of carboxylic acid groups (broad SMARTS) is 1. The predicted molar refractivity (Wildman–Crippen MR) is 143 cm³/mol. The summed E-state index contributed by atoms with van der Waals surface area (Å²) in [5, 5.41) is 17.3. The van der Waals surface area contributed by atoms with Crippen LogP contribution in [-0.2, 0) is 30.6 Å². The van der Waals surface area contributed by atoms with Gasteiger partial charge in [0.2, 0.25) is 0 Å². The predicted octanol–water partition coefficient (Wildman–Crippen LogP) is 6.71. The van der Waals surface area contributed by atoms with E-state index in [0.29, 0.717) is 22.9 Å². The molecule has 35 heavy (non-hydrogen) atoms. The van der Waals surface area contributed by atoms with Gasteiger partial charge in [0.15, 0.2) is 5.13 Å². The van der Waals surface area contributed by atoms with Crippen LogP contribution < -0.4 is 10.6 Å². The molecule has 0 saturated heterocycles. The minimum atomic E-state index is -0.946. The van der Waals surface area contributed by atoms with Crippen molar-refractivity contribution in [3.8, 4) is 0 Å². The second kappa shape index (κ2) is 13.6. The van der Waals surface area contributed by atoms with Gasteiger partial charge in [0.1, 0.15) is 0 Å². The molecule has 1 amide bonds. The summed E-state index contributed by atoms with van der Waals surface area (Å²) >= 11 is 1.22. The first-order valence-corrected chi connectivity index (χ1v) is 13.3. The lowest BCUT2D eigenvalue weighted by Crippen LogP contribution is -2.12. The van der Waals surface area contributed by atoms with Crippen molar-refractivity contribution in [1.82, 2.24) is 4.98 Å². The zero-order valence-electron chi connectivity index (χ0n) is 20.6. The van der Waals surface area contributed by atoms with Crippen molar-refractivity contribution >= 4 is 34.0 Å². The van der Waals surface area contributed by atoms with E-state index in [0.717, 1.165) is 24.8 Å². The molecule has 3 N–H and O–H groups in total. The Balaban J connectivity index is 1.59. The molecule has 186 valence electrons. The molecule has 3 aromatic rings. The number of thiazole rings is 1. The van der Waals surface area contributed by atoms with Crippen LogP contribution in [0, 0.1) is 0 Å². The van der Waals surface area contributed by atoms with Gasteiger partial charge in [0, 0.05) is 23.2 Å². The minimum Gasteiger partial charge on any atom is -0.481 e. The van der Waals surface area contributed by atoms with Crippen LogP contribution in [0.4, 0.5) is 10.8 Å². The molecular weight excluding hydrogens is 458 g/mol. The Hall–Kier alpha value is -3.19. The van der Waals surface area contributed by atoms with Crippen LogP contribution in [0.2, 0.25) is 0 Å². The lowest BCUT2D eigenvalue weighted by Gasteiger charge is -2.15. The fourth-order valence-electron chi connectivity index (χ4n) is 3.93. The Kier molecular flexibility index (Phi) is 10.3. The van der Waals surface area contributed by atoms with E-state index in [1.807, 2.05) is 12.1 Å². The zero-order valence-corrected chi connectivity index (χ0v) is 21.4. The number of nitrogens with one attached hydrogen (secondary N) is 2. The fourth-order valence-corrected chi connectivity index (χ4v) is 4.64. The Morgan fingerprint density at radius 1 is 0.943 bits per heavy atom. The van der Waals surface area contributed by atoms with Crippen LogP contribution in [0.25, 0.3) is 0 Å². The maximum absolute atomic E-state index is 12.6. The zero-order chi connectivity index (χ0) is 25.0. The molecule has 0 fully saturated rings. The molecule has 6 nitrogen and oxygen atoms in total. The highest BCUT2D eigenvalue weighted by molar-refractivity contribution is 7.14. The number of hydrogen-bond acceptors (Lipinski definition) is 5. The van der Waals surface area contributed by atoms with Crippen molar-refractivity contribution < 1.29 is 14.7 Å². The first kappa shape index (κ1) is 26.4. The number of amides is 1. The highest BCUT2D eigenvalue weighted by atomic mass is 32.1. The van der Waals surface area contributed by atoms with E-state index >= 15 is 0 Å². The van der Waals surface area contributed by atoms with E-state index in [4.69, 9.17) is 5.11 Å². The van der Waals surface area contributed by atoms with Crippen LogP contribution in [0.15, 0.2) is 47.8 Å². The molecule has 0 unspecified atom stereocenters. The number of carbonyl (C=O) groups is 2. The van der Waals surface area contributed by atoms with E-state index in [-0.39, 0.29) is 12.3 Å². The van der Waals surface area contributed by atoms with Crippen LogP contribution in [0.1, 0.15) is 78.7 Å². The van der Waals surface area contributed by atoms with Gasteiger partial charge in [-0.1, -0.05) is 63.8 Å². The summed E-state index contributed by atoms with van der Waals surface area (Å²) in [5.41, 5.74) is 5.99. The summed E-state index contributed by atoms with van der Waals surface area (Å²) in [4.78, 5) is 27.5. The molecule has 0 radical (unpaired) electrons. The number of rotatable bonds is 14. The number of anilines is 2. The van der Waals surface area contributed by atoms with E-state index in [9.17, 15) is 9.59 Å². The van der Waals surface area contributed by atoms with E-state index in [1.165, 1.54) is 53.8 Å². The highest BCUT2D eigenvalue weighted by Gasteiger charge is 2.11. The smallest absolute Gasteiger partial charge is 0.309 e. The Morgan fingerprint density at radius 3 is 2.43 bits per heavy atom. The number of unbranched alkanes of at least 4 members (excludes halogenated alkanes) is 3. The van der Waals surface area contributed by atoms with E-state index < -0.39 is 5.97 Å². The third kappa shape index (κ3) is 8.51. The van der Waals surface area contributed by atoms with Gasteiger partial charge in [0.05, 0.1) is 12.1 Å². The molecule has 0 saturated carbocycles. The summed E-state index contributed by atoms with van der Waals surface area (Å²) in [6.07, 6.45) is 8.11. The molecule has 2 aromatic carbocycles. The number of carbonyl (C=O) groups excluding carboxylic acids is 1. The fraction of sp³-hybridized carbons (Fsp3) is 0.393. The van der Waals surface area contributed by atoms with Gasteiger partial charge >= 0.3 is 5.97 Å². The Labute approximate surface area is 211 Å². The molecule has 1 heterocycles. The molecule has 0 aliphatic rings. The van der Waals surface area contributed by atoms with Gasteiger partial charge in [-0.3, -0.25) is 14.9 Å². The van der Waals surface area contributed by atoms with Gasteiger partial charge in [-0.15, -0.1) is 11.3 Å². The summed E-state index contributed by atoms with van der Waals surface area (Å²) in [6, 6.07) is 14.3. The summed E-state index contributed by atoms with van der Waals surface area (Å²) < 4.78 is 0. The number of carboxylic acids is 1. The Bertz CT molecular complexity index is 1110. The molecule has 3 rings (SSSR count). The molecule has 0 aliphatic carbocycles. The van der Waals surface area contributed by atoms with E-state index in [2.05, 4.69) is 47.7 Å². The number of aliphatic carboxylic acids is 1. The van der Waals surface area contributed by atoms with Crippen LogP contribution >= 0.6 is 11.3 Å². The molecule has 0 atom stereocenters. The SMILES string of the molecule is CCCCCCc1ccc(CCC)cc1NCc1ccc(C(=O)Nc2nc(CC(=O)O)cs2)cc1. The molecule has 0 aliphatic heterocycles. The number of aromatic nitrogens is 1. The number of nitrogens with zero attached hydrogens (tertiary/aromatic N) is 1. The summed E-state index contributed by atoms with van der Waals surface area (Å²) in [6.45, 7) is 5.12. The minimum absolute atomic E-state index is 0.157. The molecule has 7 heteroatoms. The topological polar surface area (TPSA) is 91.3 Å². The maximum atomic E-state index is 12.6. The number of aryl methyl sites for hydroxylation is 2. The number of benzene rings is 2. The van der Waals surface area contributed by atoms with Crippen molar-refractivity contribution in [1.29, 1.82) is 0 Å². The average Bonchev–Trinajstić information content (AvgIpc) is 3.27. The van der Waals surface area contributed by atoms with E-state index in [1.54, 1.807) is 17.5 Å².